The van der Waals surface area contributed by atoms with Gasteiger partial charge in [0.25, 0.3) is 0 Å². The molecule has 6 rings (SSSR count). The third-order valence-corrected chi connectivity index (χ3v) is 7.48. The second-order valence-corrected chi connectivity index (χ2v) is 9.66. The van der Waals surface area contributed by atoms with Crippen LogP contribution < -0.4 is 10.2 Å². The van der Waals surface area contributed by atoms with Crippen molar-refractivity contribution in [2.75, 3.05) is 56.2 Å². The van der Waals surface area contributed by atoms with Gasteiger partial charge >= 0.3 is 0 Å². The third kappa shape index (κ3) is 4.08. The monoisotopic (exact) mass is 459 g/mol. The maximum absolute atomic E-state index is 12.9. The number of ether oxygens (including phenoxy) is 1. The van der Waals surface area contributed by atoms with E-state index in [4.69, 9.17) is 4.74 Å². The lowest BCUT2D eigenvalue weighted by Gasteiger charge is -2.32. The molecule has 4 aliphatic heterocycles. The van der Waals surface area contributed by atoms with E-state index in [1.807, 2.05) is 23.1 Å². The van der Waals surface area contributed by atoms with Gasteiger partial charge in [-0.25, -0.2) is 4.98 Å². The van der Waals surface area contributed by atoms with E-state index in [1.165, 1.54) is 5.69 Å². The van der Waals surface area contributed by atoms with Gasteiger partial charge in [0.1, 0.15) is 11.9 Å². The van der Waals surface area contributed by atoms with E-state index in [-0.39, 0.29) is 17.9 Å². The lowest BCUT2D eigenvalue weighted by Crippen LogP contribution is -2.49. The number of nitrogens with zero attached hydrogens (tertiary/aromatic N) is 4. The number of nitrogens with one attached hydrogen (secondary N) is 1. The van der Waals surface area contributed by atoms with E-state index in [2.05, 4.69) is 44.4 Å². The number of amides is 2. The van der Waals surface area contributed by atoms with Crippen molar-refractivity contribution in [2.24, 2.45) is 11.8 Å². The summed E-state index contributed by atoms with van der Waals surface area (Å²) < 4.78 is 5.48. The van der Waals surface area contributed by atoms with E-state index in [0.29, 0.717) is 37.4 Å². The molecule has 2 unspecified atom stereocenters. The van der Waals surface area contributed by atoms with Gasteiger partial charge in [0.15, 0.2) is 0 Å². The SMILES string of the molecule is O=C1Nc2ncc(/C=C/C(=O)N3CC4CN(c5ccccc5)C[C@H]4C3)cc2CN2CCOCC12. The van der Waals surface area contributed by atoms with Crippen LogP contribution in [0.3, 0.4) is 0 Å². The average Bonchev–Trinajstić information content (AvgIpc) is 3.40. The second kappa shape index (κ2) is 8.85. The standard InChI is InChI=1S/C26H29N5O3/c32-24(31-15-20-13-30(14-21(20)16-31)22-4-2-1-3-5-22)7-6-18-10-19-12-29-8-9-34-17-23(29)26(33)28-25(19)27-11-18/h1-7,10-11,20-21,23H,8-9,12-17H2,(H,27,28,33)/b7-6+/t20-,21?,23?/m0/s1. The van der Waals surface area contributed by atoms with Gasteiger partial charge in [-0.1, -0.05) is 18.2 Å². The number of hydrogen-bond acceptors (Lipinski definition) is 6. The lowest BCUT2D eigenvalue weighted by atomic mass is 10.0. The smallest absolute Gasteiger partial charge is 0.246 e. The number of anilines is 2. The van der Waals surface area contributed by atoms with Crippen LogP contribution >= 0.6 is 0 Å². The fraction of sp³-hybridized carbons (Fsp3) is 0.423. The first-order chi connectivity index (χ1) is 16.6. The third-order valence-electron chi connectivity index (χ3n) is 7.48. The quantitative estimate of drug-likeness (QED) is 0.706. The molecule has 0 saturated carbocycles. The molecule has 0 radical (unpaired) electrons. The Bertz CT molecular complexity index is 1110. The zero-order valence-corrected chi connectivity index (χ0v) is 19.1. The summed E-state index contributed by atoms with van der Waals surface area (Å²) >= 11 is 0. The summed E-state index contributed by atoms with van der Waals surface area (Å²) in [6.07, 6.45) is 5.20. The second-order valence-electron chi connectivity index (χ2n) is 9.66. The summed E-state index contributed by atoms with van der Waals surface area (Å²) in [5.74, 6) is 1.62. The van der Waals surface area contributed by atoms with E-state index in [9.17, 15) is 9.59 Å². The van der Waals surface area contributed by atoms with Gasteiger partial charge in [-0.2, -0.15) is 0 Å². The Morgan fingerprint density at radius 3 is 2.71 bits per heavy atom. The van der Waals surface area contributed by atoms with E-state index < -0.39 is 0 Å². The lowest BCUT2D eigenvalue weighted by molar-refractivity contribution is -0.127. The Morgan fingerprint density at radius 1 is 1.12 bits per heavy atom. The topological polar surface area (TPSA) is 78.0 Å². The summed E-state index contributed by atoms with van der Waals surface area (Å²) in [6.45, 7) is 6.02. The van der Waals surface area contributed by atoms with Crippen LogP contribution in [0.15, 0.2) is 48.7 Å². The molecule has 3 fully saturated rings. The Balaban J connectivity index is 1.09. The van der Waals surface area contributed by atoms with Crippen molar-refractivity contribution >= 4 is 29.4 Å². The van der Waals surface area contributed by atoms with Crippen molar-refractivity contribution in [1.29, 1.82) is 0 Å². The molecule has 1 N–H and O–H groups in total. The number of rotatable bonds is 3. The zero-order valence-electron chi connectivity index (χ0n) is 19.1. The van der Waals surface area contributed by atoms with Crippen LogP contribution in [-0.2, 0) is 20.9 Å². The number of pyridine rings is 1. The molecule has 3 saturated heterocycles. The predicted octanol–water partition coefficient (Wildman–Crippen LogP) is 1.84. The van der Waals surface area contributed by atoms with Gasteiger partial charge in [-0.15, -0.1) is 0 Å². The minimum absolute atomic E-state index is 0.0529. The number of hydrogen-bond donors (Lipinski definition) is 1. The fourth-order valence-electron chi connectivity index (χ4n) is 5.64. The fourth-order valence-corrected chi connectivity index (χ4v) is 5.64. The van der Waals surface area contributed by atoms with Crippen LogP contribution in [0, 0.1) is 11.8 Å². The Morgan fingerprint density at radius 2 is 1.91 bits per heavy atom. The van der Waals surface area contributed by atoms with Crippen LogP contribution in [0.5, 0.6) is 0 Å². The van der Waals surface area contributed by atoms with Gasteiger partial charge in [0, 0.05) is 74.6 Å². The number of likely N-dealkylation sites (tertiary alicyclic amines) is 1. The van der Waals surface area contributed by atoms with E-state index >= 15 is 0 Å². The summed E-state index contributed by atoms with van der Waals surface area (Å²) in [5, 5.41) is 2.92. The number of aromatic nitrogens is 1. The van der Waals surface area contributed by atoms with Gasteiger partial charge in [0.2, 0.25) is 11.8 Å². The molecule has 0 bridgehead atoms. The number of carbonyl (C=O) groups is 2. The molecule has 5 heterocycles. The van der Waals surface area contributed by atoms with Crippen LogP contribution in [0.4, 0.5) is 11.5 Å². The molecule has 3 atom stereocenters. The van der Waals surface area contributed by atoms with Crippen molar-refractivity contribution in [3.05, 3.63) is 59.8 Å². The number of carbonyl (C=O) groups excluding carboxylic acids is 2. The van der Waals surface area contributed by atoms with Crippen molar-refractivity contribution in [3.63, 3.8) is 0 Å². The number of benzene rings is 1. The molecule has 0 spiro atoms. The number of fused-ring (bicyclic) bond motifs is 3. The molecule has 4 aliphatic rings. The minimum Gasteiger partial charge on any atom is -0.378 e. The van der Waals surface area contributed by atoms with E-state index in [0.717, 1.165) is 43.9 Å². The molecule has 8 nitrogen and oxygen atoms in total. The summed E-state index contributed by atoms with van der Waals surface area (Å²) in [6, 6.07) is 12.3. The molecule has 1 aromatic carbocycles. The minimum atomic E-state index is -0.282. The van der Waals surface area contributed by atoms with Crippen molar-refractivity contribution < 1.29 is 14.3 Å². The molecular formula is C26H29N5O3. The Hall–Kier alpha value is -3.23. The van der Waals surface area contributed by atoms with Gasteiger partial charge in [0.05, 0.1) is 13.2 Å². The highest BCUT2D eigenvalue weighted by Gasteiger charge is 2.41. The van der Waals surface area contributed by atoms with Crippen LogP contribution in [0.2, 0.25) is 0 Å². The first kappa shape index (κ1) is 21.3. The van der Waals surface area contributed by atoms with Crippen LogP contribution in [-0.4, -0.2) is 78.6 Å². The average molecular weight is 460 g/mol. The largest absolute Gasteiger partial charge is 0.378 e. The molecule has 34 heavy (non-hydrogen) atoms. The highest BCUT2D eigenvalue weighted by Crippen LogP contribution is 2.34. The first-order valence-corrected chi connectivity index (χ1v) is 12.0. The van der Waals surface area contributed by atoms with Crippen LogP contribution in [0.25, 0.3) is 6.08 Å². The van der Waals surface area contributed by atoms with Gasteiger partial charge < -0.3 is 19.9 Å². The molecule has 2 amide bonds. The maximum atomic E-state index is 12.9. The Kier molecular flexibility index (Phi) is 5.55. The molecule has 176 valence electrons. The highest BCUT2D eigenvalue weighted by molar-refractivity contribution is 5.96. The molecule has 0 aliphatic carbocycles. The maximum Gasteiger partial charge on any atom is 0.246 e. The van der Waals surface area contributed by atoms with Crippen molar-refractivity contribution in [1.82, 2.24) is 14.8 Å². The number of para-hydroxylation sites is 1. The van der Waals surface area contributed by atoms with Crippen LogP contribution in [0.1, 0.15) is 11.1 Å². The molecule has 1 aromatic heterocycles. The number of morpholine rings is 1. The molecule has 2 aromatic rings. The summed E-state index contributed by atoms with van der Waals surface area (Å²) in [5.41, 5.74) is 3.09. The van der Waals surface area contributed by atoms with Crippen molar-refractivity contribution in [3.8, 4) is 0 Å². The van der Waals surface area contributed by atoms with Gasteiger partial charge in [-0.05, 0) is 29.8 Å². The Labute approximate surface area is 199 Å². The highest BCUT2D eigenvalue weighted by atomic mass is 16.5. The summed E-state index contributed by atoms with van der Waals surface area (Å²) in [7, 11) is 0. The van der Waals surface area contributed by atoms with Crippen molar-refractivity contribution in [2.45, 2.75) is 12.6 Å². The molecule has 8 heteroatoms. The zero-order chi connectivity index (χ0) is 23.1. The van der Waals surface area contributed by atoms with E-state index in [1.54, 1.807) is 12.3 Å². The predicted molar refractivity (Wildman–Crippen MR) is 129 cm³/mol. The molecular weight excluding hydrogens is 430 g/mol. The first-order valence-electron chi connectivity index (χ1n) is 12.0. The van der Waals surface area contributed by atoms with Gasteiger partial charge in [-0.3, -0.25) is 14.5 Å². The summed E-state index contributed by atoms with van der Waals surface area (Å²) in [4.78, 5) is 36.4. The normalized spacial score (nSPS) is 26.7.